The number of thiophene rings is 1. The fraction of sp³-hybridized carbons (Fsp3) is 0.286. The Balaban J connectivity index is 1.52. The molecule has 0 spiro atoms. The van der Waals surface area contributed by atoms with Gasteiger partial charge in [-0.2, -0.15) is 0 Å². The molecule has 0 aliphatic carbocycles. The maximum Gasteiger partial charge on any atom is 0.323 e. The molecule has 1 fully saturated rings. The van der Waals surface area contributed by atoms with Crippen LogP contribution in [0.2, 0.25) is 0 Å². The van der Waals surface area contributed by atoms with Crippen molar-refractivity contribution >= 4 is 23.2 Å². The van der Waals surface area contributed by atoms with Crippen LogP contribution in [0.5, 0.6) is 0 Å². The smallest absolute Gasteiger partial charge is 0.323 e. The number of nitrogens with zero attached hydrogens (tertiary/aromatic N) is 4. The van der Waals surface area contributed by atoms with E-state index < -0.39 is 6.04 Å². The molecule has 2 aromatic heterocycles. The summed E-state index contributed by atoms with van der Waals surface area (Å²) in [6.07, 6.45) is 6.88. The van der Waals surface area contributed by atoms with Gasteiger partial charge >= 0.3 is 6.03 Å². The molecule has 150 valence electrons. The Morgan fingerprint density at radius 2 is 2.10 bits per heavy atom. The minimum atomic E-state index is -0.533. The van der Waals surface area contributed by atoms with Gasteiger partial charge in [0.15, 0.2) is 0 Å². The number of carbonyl (C=O) groups excluding carboxylic acids is 1. The summed E-state index contributed by atoms with van der Waals surface area (Å²) >= 11 is 1.68. The number of nitrogens with one attached hydrogen (secondary N) is 1. The number of rotatable bonds is 8. The van der Waals surface area contributed by atoms with Crippen LogP contribution in [-0.4, -0.2) is 39.4 Å². The standard InChI is InChI=1S/C21H22FN5OS/c22-18-7-2-1-6-17(18)19-20(24-9-8-16-5-3-14-29-16)25-21(28)27(19)12-4-11-26-13-10-23-15-26/h1-3,5-7,10,13-15,19H,4,8-9,11-12H2,(H,24,25,28). The molecular weight excluding hydrogens is 389 g/mol. The quantitative estimate of drug-likeness (QED) is 0.611. The van der Waals surface area contributed by atoms with Crippen LogP contribution in [0.4, 0.5) is 9.18 Å². The third kappa shape index (κ3) is 4.54. The van der Waals surface area contributed by atoms with Crippen molar-refractivity contribution in [2.24, 2.45) is 4.99 Å². The van der Waals surface area contributed by atoms with Gasteiger partial charge in [-0.15, -0.1) is 11.3 Å². The number of aromatic nitrogens is 2. The summed E-state index contributed by atoms with van der Waals surface area (Å²) in [5.74, 6) is 0.179. The van der Waals surface area contributed by atoms with Crippen LogP contribution in [0.25, 0.3) is 0 Å². The Kier molecular flexibility index (Phi) is 6.00. The van der Waals surface area contributed by atoms with Crippen molar-refractivity contribution in [1.82, 2.24) is 19.8 Å². The number of benzene rings is 1. The van der Waals surface area contributed by atoms with Crippen LogP contribution in [0, 0.1) is 5.82 Å². The van der Waals surface area contributed by atoms with Crippen molar-refractivity contribution in [2.75, 3.05) is 13.1 Å². The number of amidine groups is 1. The molecular formula is C21H22FN5OS. The van der Waals surface area contributed by atoms with Gasteiger partial charge < -0.3 is 9.47 Å². The molecule has 0 bridgehead atoms. The Bertz CT molecular complexity index is 971. The van der Waals surface area contributed by atoms with Crippen LogP contribution >= 0.6 is 11.3 Å². The van der Waals surface area contributed by atoms with E-state index in [1.54, 1.807) is 47.0 Å². The van der Waals surface area contributed by atoms with E-state index >= 15 is 0 Å². The van der Waals surface area contributed by atoms with E-state index in [1.165, 1.54) is 10.9 Å². The highest BCUT2D eigenvalue weighted by molar-refractivity contribution is 7.09. The predicted molar refractivity (Wildman–Crippen MR) is 112 cm³/mol. The maximum absolute atomic E-state index is 14.6. The third-order valence-electron chi connectivity index (χ3n) is 4.86. The van der Waals surface area contributed by atoms with Crippen molar-refractivity contribution in [3.63, 3.8) is 0 Å². The summed E-state index contributed by atoms with van der Waals surface area (Å²) in [6.45, 7) is 1.77. The van der Waals surface area contributed by atoms with Gasteiger partial charge in [0.05, 0.1) is 6.33 Å². The molecule has 1 aliphatic heterocycles. The molecule has 3 aromatic rings. The third-order valence-corrected chi connectivity index (χ3v) is 5.80. The lowest BCUT2D eigenvalue weighted by molar-refractivity contribution is 0.203. The monoisotopic (exact) mass is 411 g/mol. The van der Waals surface area contributed by atoms with Crippen LogP contribution in [0.3, 0.4) is 0 Å². The normalized spacial score (nSPS) is 17.8. The summed E-state index contributed by atoms with van der Waals surface area (Å²) in [5.41, 5.74) is 0.461. The summed E-state index contributed by atoms with van der Waals surface area (Å²) in [6, 6.07) is 9.88. The number of aryl methyl sites for hydroxylation is 1. The second-order valence-corrected chi connectivity index (χ2v) is 7.83. The first-order valence-electron chi connectivity index (χ1n) is 9.57. The van der Waals surface area contributed by atoms with E-state index in [2.05, 4.69) is 21.4 Å². The number of aliphatic imine (C=N–C) groups is 1. The number of imidazole rings is 1. The SMILES string of the molecule is O=C1NC(=NCCc2cccs2)C(c2ccccc2F)N1CCCn1ccnc1. The highest BCUT2D eigenvalue weighted by Crippen LogP contribution is 2.29. The fourth-order valence-corrected chi connectivity index (χ4v) is 4.17. The largest absolute Gasteiger partial charge is 0.337 e. The lowest BCUT2D eigenvalue weighted by Crippen LogP contribution is -2.31. The second-order valence-electron chi connectivity index (χ2n) is 6.80. The van der Waals surface area contributed by atoms with Crippen LogP contribution in [-0.2, 0) is 13.0 Å². The highest BCUT2D eigenvalue weighted by Gasteiger charge is 2.38. The van der Waals surface area contributed by atoms with Gasteiger partial charge in [0.2, 0.25) is 0 Å². The zero-order chi connectivity index (χ0) is 20.1. The molecule has 0 radical (unpaired) electrons. The Morgan fingerprint density at radius 1 is 1.21 bits per heavy atom. The number of carbonyl (C=O) groups is 1. The second kappa shape index (κ2) is 9.00. The number of urea groups is 1. The predicted octanol–water partition coefficient (Wildman–Crippen LogP) is 3.88. The molecule has 0 saturated carbocycles. The topological polar surface area (TPSA) is 62.5 Å². The number of halogens is 1. The average molecular weight is 412 g/mol. The van der Waals surface area contributed by atoms with Crippen LogP contribution in [0.1, 0.15) is 22.9 Å². The van der Waals surface area contributed by atoms with Gasteiger partial charge in [0.25, 0.3) is 0 Å². The first-order chi connectivity index (χ1) is 14.2. The molecule has 4 rings (SSSR count). The Morgan fingerprint density at radius 3 is 2.86 bits per heavy atom. The van der Waals surface area contributed by atoms with E-state index in [-0.39, 0.29) is 11.8 Å². The molecule has 29 heavy (non-hydrogen) atoms. The molecule has 1 atom stereocenters. The zero-order valence-electron chi connectivity index (χ0n) is 15.9. The van der Waals surface area contributed by atoms with E-state index in [0.29, 0.717) is 24.5 Å². The Labute approximate surface area is 172 Å². The molecule has 1 aromatic carbocycles. The van der Waals surface area contributed by atoms with Crippen molar-refractivity contribution < 1.29 is 9.18 Å². The number of hydrogen-bond acceptors (Lipinski definition) is 4. The minimum Gasteiger partial charge on any atom is -0.337 e. The summed E-state index contributed by atoms with van der Waals surface area (Å²) in [4.78, 5) is 24.2. The number of hydrogen-bond donors (Lipinski definition) is 1. The maximum atomic E-state index is 14.6. The van der Waals surface area contributed by atoms with E-state index in [9.17, 15) is 9.18 Å². The van der Waals surface area contributed by atoms with Crippen molar-refractivity contribution in [3.05, 3.63) is 76.8 Å². The summed E-state index contributed by atoms with van der Waals surface area (Å²) in [7, 11) is 0. The molecule has 1 N–H and O–H groups in total. The fourth-order valence-electron chi connectivity index (χ4n) is 3.47. The molecule has 1 unspecified atom stereocenters. The van der Waals surface area contributed by atoms with Gasteiger partial charge in [-0.25, -0.2) is 14.2 Å². The summed E-state index contributed by atoms with van der Waals surface area (Å²) < 4.78 is 16.5. The van der Waals surface area contributed by atoms with Gasteiger partial charge in [0, 0.05) is 48.9 Å². The Hall–Kier alpha value is -3.00. The molecule has 6 nitrogen and oxygen atoms in total. The molecule has 8 heteroatoms. The first kappa shape index (κ1) is 19.3. The van der Waals surface area contributed by atoms with Gasteiger partial charge in [-0.3, -0.25) is 10.3 Å². The molecule has 3 heterocycles. The molecule has 1 aliphatic rings. The number of amides is 2. The lowest BCUT2D eigenvalue weighted by atomic mass is 10.0. The van der Waals surface area contributed by atoms with Gasteiger partial charge in [0.1, 0.15) is 17.7 Å². The minimum absolute atomic E-state index is 0.237. The summed E-state index contributed by atoms with van der Waals surface area (Å²) in [5, 5.41) is 4.89. The van der Waals surface area contributed by atoms with Crippen LogP contribution < -0.4 is 5.32 Å². The zero-order valence-corrected chi connectivity index (χ0v) is 16.7. The van der Waals surface area contributed by atoms with E-state index in [4.69, 9.17) is 0 Å². The molecule has 2 amide bonds. The van der Waals surface area contributed by atoms with Crippen molar-refractivity contribution in [1.29, 1.82) is 0 Å². The van der Waals surface area contributed by atoms with Crippen molar-refractivity contribution in [2.45, 2.75) is 25.4 Å². The highest BCUT2D eigenvalue weighted by atomic mass is 32.1. The lowest BCUT2D eigenvalue weighted by Gasteiger charge is -2.23. The van der Waals surface area contributed by atoms with Crippen LogP contribution in [0.15, 0.2) is 65.5 Å². The molecule has 1 saturated heterocycles. The van der Waals surface area contributed by atoms with Gasteiger partial charge in [-0.05, 0) is 23.9 Å². The van der Waals surface area contributed by atoms with Gasteiger partial charge in [-0.1, -0.05) is 24.3 Å². The van der Waals surface area contributed by atoms with Crippen molar-refractivity contribution in [3.8, 4) is 0 Å². The van der Waals surface area contributed by atoms with E-state index in [1.807, 2.05) is 22.2 Å². The van der Waals surface area contributed by atoms with E-state index in [0.717, 1.165) is 19.4 Å². The average Bonchev–Trinajstić information content (AvgIpc) is 3.46. The first-order valence-corrected chi connectivity index (χ1v) is 10.4.